The van der Waals surface area contributed by atoms with E-state index >= 15 is 0 Å². The Hall–Kier alpha value is -3.61. The summed E-state index contributed by atoms with van der Waals surface area (Å²) in [7, 11) is 0. The standard InChI is InChI=1S/C24H27N5O2/c1-18(26-24(31)19-8-10-21(11-9-19)29-15-5-12-25-29)16-23(30)27-20-6-4-7-22(17-20)28-13-2-3-14-28/h4-12,15,17-18H,2-3,13-14,16H2,1H3,(H,26,31)(H,27,30). The van der Waals surface area contributed by atoms with Crippen molar-refractivity contribution in [2.75, 3.05) is 23.3 Å². The minimum atomic E-state index is -0.292. The number of rotatable bonds is 7. The third-order valence-electron chi connectivity index (χ3n) is 5.37. The summed E-state index contributed by atoms with van der Waals surface area (Å²) in [5, 5.41) is 10.0. The molecule has 4 rings (SSSR count). The molecule has 0 radical (unpaired) electrons. The number of carbonyl (C=O) groups excluding carboxylic acids is 2. The first kappa shape index (κ1) is 20.7. The number of anilines is 2. The number of hydrogen-bond acceptors (Lipinski definition) is 4. The van der Waals surface area contributed by atoms with Crippen LogP contribution in [0.2, 0.25) is 0 Å². The predicted molar refractivity (Wildman–Crippen MR) is 122 cm³/mol. The SMILES string of the molecule is CC(CC(=O)Nc1cccc(N2CCCC2)c1)NC(=O)c1ccc(-n2cccn2)cc1. The maximum atomic E-state index is 12.5. The molecule has 1 aliphatic heterocycles. The maximum Gasteiger partial charge on any atom is 0.251 e. The molecule has 7 heteroatoms. The van der Waals surface area contributed by atoms with Gasteiger partial charge in [-0.05, 0) is 68.3 Å². The third-order valence-corrected chi connectivity index (χ3v) is 5.37. The monoisotopic (exact) mass is 417 g/mol. The van der Waals surface area contributed by atoms with Crippen molar-refractivity contribution in [3.8, 4) is 5.69 Å². The van der Waals surface area contributed by atoms with Crippen molar-refractivity contribution in [3.05, 3.63) is 72.6 Å². The smallest absolute Gasteiger partial charge is 0.251 e. The van der Waals surface area contributed by atoms with Gasteiger partial charge in [0.25, 0.3) is 5.91 Å². The Morgan fingerprint density at radius 3 is 2.52 bits per heavy atom. The van der Waals surface area contributed by atoms with Crippen molar-refractivity contribution in [2.45, 2.75) is 32.2 Å². The lowest BCUT2D eigenvalue weighted by molar-refractivity contribution is -0.116. The van der Waals surface area contributed by atoms with Crippen LogP contribution in [0.1, 0.15) is 36.5 Å². The van der Waals surface area contributed by atoms with Crippen molar-refractivity contribution >= 4 is 23.2 Å². The maximum absolute atomic E-state index is 12.5. The zero-order chi connectivity index (χ0) is 21.6. The van der Waals surface area contributed by atoms with Crippen LogP contribution in [0, 0.1) is 0 Å². The minimum absolute atomic E-state index is 0.125. The zero-order valence-corrected chi connectivity index (χ0v) is 17.6. The summed E-state index contributed by atoms with van der Waals surface area (Å²) in [5.41, 5.74) is 3.34. The van der Waals surface area contributed by atoms with Gasteiger partial charge in [-0.2, -0.15) is 5.10 Å². The fraction of sp³-hybridized carbons (Fsp3) is 0.292. The molecular formula is C24H27N5O2. The number of amides is 2. The Bertz CT molecular complexity index is 1020. The van der Waals surface area contributed by atoms with Crippen molar-refractivity contribution in [1.82, 2.24) is 15.1 Å². The van der Waals surface area contributed by atoms with Gasteiger partial charge >= 0.3 is 0 Å². The van der Waals surface area contributed by atoms with Crippen LogP contribution < -0.4 is 15.5 Å². The second kappa shape index (κ2) is 9.47. The highest BCUT2D eigenvalue weighted by Gasteiger charge is 2.15. The van der Waals surface area contributed by atoms with Crippen LogP contribution >= 0.6 is 0 Å². The second-order valence-corrected chi connectivity index (χ2v) is 7.87. The Kier molecular flexibility index (Phi) is 6.31. The number of hydrogen-bond donors (Lipinski definition) is 2. The van der Waals surface area contributed by atoms with Crippen LogP contribution in [-0.2, 0) is 4.79 Å². The molecule has 2 N–H and O–H groups in total. The fourth-order valence-electron chi connectivity index (χ4n) is 3.79. The summed E-state index contributed by atoms with van der Waals surface area (Å²) in [6.07, 6.45) is 6.16. The molecule has 2 aromatic carbocycles. The van der Waals surface area contributed by atoms with E-state index in [9.17, 15) is 9.59 Å². The molecule has 0 saturated carbocycles. The normalized spacial score (nSPS) is 14.3. The van der Waals surface area contributed by atoms with Crippen molar-refractivity contribution < 1.29 is 9.59 Å². The molecular weight excluding hydrogens is 390 g/mol. The lowest BCUT2D eigenvalue weighted by atomic mass is 10.1. The largest absolute Gasteiger partial charge is 0.371 e. The molecule has 1 aliphatic rings. The zero-order valence-electron chi connectivity index (χ0n) is 17.6. The van der Waals surface area contributed by atoms with E-state index in [1.807, 2.05) is 49.5 Å². The fourth-order valence-corrected chi connectivity index (χ4v) is 3.79. The summed E-state index contributed by atoms with van der Waals surface area (Å²) in [6.45, 7) is 3.95. The second-order valence-electron chi connectivity index (χ2n) is 7.87. The molecule has 0 aliphatic carbocycles. The highest BCUT2D eigenvalue weighted by molar-refractivity contribution is 5.96. The van der Waals surface area contributed by atoms with Gasteiger partial charge in [0.2, 0.25) is 5.91 Å². The molecule has 0 bridgehead atoms. The van der Waals surface area contributed by atoms with Gasteiger partial charge < -0.3 is 15.5 Å². The van der Waals surface area contributed by atoms with Crippen LogP contribution in [0.15, 0.2) is 67.0 Å². The molecule has 160 valence electrons. The van der Waals surface area contributed by atoms with E-state index in [0.717, 1.165) is 30.2 Å². The number of benzene rings is 2. The number of aromatic nitrogens is 2. The summed E-state index contributed by atoms with van der Waals surface area (Å²) < 4.78 is 1.73. The first-order valence-corrected chi connectivity index (χ1v) is 10.6. The molecule has 2 amide bonds. The molecule has 1 atom stereocenters. The third kappa shape index (κ3) is 5.31. The molecule has 2 heterocycles. The van der Waals surface area contributed by atoms with Gasteiger partial charge in [-0.15, -0.1) is 0 Å². The van der Waals surface area contributed by atoms with E-state index in [1.54, 1.807) is 23.0 Å². The number of carbonyl (C=O) groups is 2. The molecule has 3 aromatic rings. The topological polar surface area (TPSA) is 79.3 Å². The average molecular weight is 418 g/mol. The van der Waals surface area contributed by atoms with Gasteiger partial charge in [0.1, 0.15) is 0 Å². The minimum Gasteiger partial charge on any atom is -0.371 e. The summed E-state index contributed by atoms with van der Waals surface area (Å²) in [4.78, 5) is 27.3. The Balaban J connectivity index is 1.29. The highest BCUT2D eigenvalue weighted by Crippen LogP contribution is 2.23. The molecule has 1 saturated heterocycles. The van der Waals surface area contributed by atoms with Crippen LogP contribution in [-0.4, -0.2) is 40.7 Å². The average Bonchev–Trinajstić information content (AvgIpc) is 3.48. The van der Waals surface area contributed by atoms with Gasteiger partial charge in [-0.25, -0.2) is 4.68 Å². The van der Waals surface area contributed by atoms with E-state index in [-0.39, 0.29) is 24.3 Å². The van der Waals surface area contributed by atoms with Crippen LogP contribution in [0.25, 0.3) is 5.69 Å². The predicted octanol–water partition coefficient (Wildman–Crippen LogP) is 3.62. The van der Waals surface area contributed by atoms with Crippen LogP contribution in [0.3, 0.4) is 0 Å². The van der Waals surface area contributed by atoms with E-state index in [0.29, 0.717) is 5.56 Å². The first-order valence-electron chi connectivity index (χ1n) is 10.6. The van der Waals surface area contributed by atoms with Gasteiger partial charge in [-0.1, -0.05) is 6.07 Å². The number of nitrogens with one attached hydrogen (secondary N) is 2. The summed E-state index contributed by atoms with van der Waals surface area (Å²) >= 11 is 0. The van der Waals surface area contributed by atoms with Crippen LogP contribution in [0.4, 0.5) is 11.4 Å². The quantitative estimate of drug-likeness (QED) is 0.615. The Morgan fingerprint density at radius 2 is 1.81 bits per heavy atom. The van der Waals surface area contributed by atoms with E-state index < -0.39 is 0 Å². The van der Waals surface area contributed by atoms with Crippen molar-refractivity contribution in [2.24, 2.45) is 0 Å². The van der Waals surface area contributed by atoms with Gasteiger partial charge in [-0.3, -0.25) is 9.59 Å². The van der Waals surface area contributed by atoms with E-state index in [1.165, 1.54) is 12.8 Å². The Labute approximate surface area is 182 Å². The van der Waals surface area contributed by atoms with Crippen molar-refractivity contribution in [1.29, 1.82) is 0 Å². The molecule has 0 spiro atoms. The highest BCUT2D eigenvalue weighted by atomic mass is 16.2. The number of nitrogens with zero attached hydrogens (tertiary/aromatic N) is 3. The Morgan fingerprint density at radius 1 is 1.03 bits per heavy atom. The lowest BCUT2D eigenvalue weighted by Crippen LogP contribution is -2.35. The van der Waals surface area contributed by atoms with Gasteiger partial charge in [0, 0.05) is 54.9 Å². The first-order chi connectivity index (χ1) is 15.1. The molecule has 1 unspecified atom stereocenters. The van der Waals surface area contributed by atoms with Crippen molar-refractivity contribution in [3.63, 3.8) is 0 Å². The molecule has 7 nitrogen and oxygen atoms in total. The lowest BCUT2D eigenvalue weighted by Gasteiger charge is -2.19. The summed E-state index contributed by atoms with van der Waals surface area (Å²) in [6, 6.07) is 16.7. The van der Waals surface area contributed by atoms with Crippen LogP contribution in [0.5, 0.6) is 0 Å². The molecule has 1 aromatic heterocycles. The molecule has 1 fully saturated rings. The van der Waals surface area contributed by atoms with Gasteiger partial charge in [0.15, 0.2) is 0 Å². The van der Waals surface area contributed by atoms with E-state index in [2.05, 4.69) is 26.7 Å². The van der Waals surface area contributed by atoms with Gasteiger partial charge in [0.05, 0.1) is 5.69 Å². The molecule has 31 heavy (non-hydrogen) atoms. The van der Waals surface area contributed by atoms with E-state index in [4.69, 9.17) is 0 Å². The summed E-state index contributed by atoms with van der Waals surface area (Å²) in [5.74, 6) is -0.330.